The van der Waals surface area contributed by atoms with E-state index in [1.54, 1.807) is 12.1 Å². The SMILES string of the molecule is Cc1ccc(S(=O)(=O)N(CC(=O)N(Cc2cccc(C)c2)[C@@H](Cc2ccccc2)C(=O)NC2CCCC2)c2ccccc2F)cc1. The van der Waals surface area contributed by atoms with E-state index >= 15 is 4.39 Å². The van der Waals surface area contributed by atoms with Gasteiger partial charge in [-0.1, -0.05) is 103 Å². The topological polar surface area (TPSA) is 86.8 Å². The third-order valence-electron chi connectivity index (χ3n) is 8.42. The molecular formula is C37H40FN3O4S. The van der Waals surface area contributed by atoms with Crippen molar-refractivity contribution in [2.45, 2.75) is 69.5 Å². The molecular weight excluding hydrogens is 601 g/mol. The molecule has 0 radical (unpaired) electrons. The van der Waals surface area contributed by atoms with Gasteiger partial charge in [0.2, 0.25) is 11.8 Å². The number of carbonyl (C=O) groups is 2. The Hall–Kier alpha value is -4.50. The summed E-state index contributed by atoms with van der Waals surface area (Å²) in [6.45, 7) is 3.13. The summed E-state index contributed by atoms with van der Waals surface area (Å²) in [6, 6.07) is 27.8. The highest BCUT2D eigenvalue weighted by molar-refractivity contribution is 7.92. The Balaban J connectivity index is 1.57. The van der Waals surface area contributed by atoms with Crippen molar-refractivity contribution in [2.24, 2.45) is 0 Å². The Bertz CT molecular complexity index is 1760. The summed E-state index contributed by atoms with van der Waals surface area (Å²) in [5.74, 6) is -1.70. The summed E-state index contributed by atoms with van der Waals surface area (Å²) in [7, 11) is -4.38. The number of hydrogen-bond acceptors (Lipinski definition) is 4. The van der Waals surface area contributed by atoms with Crippen molar-refractivity contribution in [3.8, 4) is 0 Å². The first-order valence-corrected chi connectivity index (χ1v) is 17.1. The molecule has 46 heavy (non-hydrogen) atoms. The van der Waals surface area contributed by atoms with Crippen molar-refractivity contribution in [3.05, 3.63) is 131 Å². The largest absolute Gasteiger partial charge is 0.352 e. The maximum absolute atomic E-state index is 15.3. The number of nitrogens with zero attached hydrogens (tertiary/aromatic N) is 2. The zero-order chi connectivity index (χ0) is 32.7. The summed E-state index contributed by atoms with van der Waals surface area (Å²) in [6.07, 6.45) is 4.00. The molecule has 0 spiro atoms. The van der Waals surface area contributed by atoms with Crippen molar-refractivity contribution in [3.63, 3.8) is 0 Å². The molecule has 1 atom stereocenters. The van der Waals surface area contributed by atoms with Crippen LogP contribution < -0.4 is 9.62 Å². The summed E-state index contributed by atoms with van der Waals surface area (Å²) in [5.41, 5.74) is 3.24. The highest BCUT2D eigenvalue weighted by Crippen LogP contribution is 2.28. The normalized spacial score (nSPS) is 14.1. The van der Waals surface area contributed by atoms with Gasteiger partial charge in [0.1, 0.15) is 18.4 Å². The van der Waals surface area contributed by atoms with E-state index in [2.05, 4.69) is 5.32 Å². The predicted octanol–water partition coefficient (Wildman–Crippen LogP) is 6.34. The minimum atomic E-state index is -4.38. The van der Waals surface area contributed by atoms with Gasteiger partial charge in [-0.25, -0.2) is 12.8 Å². The van der Waals surface area contributed by atoms with Gasteiger partial charge in [-0.15, -0.1) is 0 Å². The summed E-state index contributed by atoms with van der Waals surface area (Å²) >= 11 is 0. The molecule has 9 heteroatoms. The number of amides is 2. The Morgan fingerprint density at radius 2 is 1.48 bits per heavy atom. The fraction of sp³-hybridized carbons (Fsp3) is 0.297. The van der Waals surface area contributed by atoms with Gasteiger partial charge in [0, 0.05) is 19.0 Å². The van der Waals surface area contributed by atoms with Crippen LogP contribution in [0.5, 0.6) is 0 Å². The molecule has 0 aliphatic heterocycles. The molecule has 1 N–H and O–H groups in total. The molecule has 5 rings (SSSR count). The smallest absolute Gasteiger partial charge is 0.264 e. The third-order valence-corrected chi connectivity index (χ3v) is 10.2. The van der Waals surface area contributed by atoms with E-state index < -0.39 is 34.3 Å². The number of rotatable bonds is 12. The van der Waals surface area contributed by atoms with Crippen molar-refractivity contribution in [1.82, 2.24) is 10.2 Å². The number of benzene rings is 4. The number of aryl methyl sites for hydroxylation is 2. The monoisotopic (exact) mass is 641 g/mol. The Kier molecular flexibility index (Phi) is 10.5. The molecule has 0 unspecified atom stereocenters. The molecule has 4 aromatic carbocycles. The van der Waals surface area contributed by atoms with Crippen LogP contribution in [0.15, 0.2) is 108 Å². The van der Waals surface area contributed by atoms with E-state index in [4.69, 9.17) is 0 Å². The van der Waals surface area contributed by atoms with Crippen molar-refractivity contribution in [2.75, 3.05) is 10.8 Å². The second kappa shape index (κ2) is 14.7. The van der Waals surface area contributed by atoms with E-state index in [0.29, 0.717) is 0 Å². The van der Waals surface area contributed by atoms with Crippen molar-refractivity contribution >= 4 is 27.5 Å². The predicted molar refractivity (Wildman–Crippen MR) is 178 cm³/mol. The molecule has 2 amide bonds. The molecule has 0 aromatic heterocycles. The van der Waals surface area contributed by atoms with E-state index in [0.717, 1.165) is 58.3 Å². The van der Waals surface area contributed by atoms with Crippen LogP contribution in [0.2, 0.25) is 0 Å². The van der Waals surface area contributed by atoms with Crippen LogP contribution in [0.3, 0.4) is 0 Å². The number of nitrogens with one attached hydrogen (secondary N) is 1. The lowest BCUT2D eigenvalue weighted by atomic mass is 10.0. The highest BCUT2D eigenvalue weighted by Gasteiger charge is 2.36. The molecule has 0 bridgehead atoms. The van der Waals surface area contributed by atoms with Crippen LogP contribution >= 0.6 is 0 Å². The molecule has 1 fully saturated rings. The number of halogens is 1. The van der Waals surface area contributed by atoms with Gasteiger partial charge in [0.05, 0.1) is 10.6 Å². The first-order chi connectivity index (χ1) is 22.1. The number of para-hydroxylation sites is 1. The minimum absolute atomic E-state index is 0.0125. The van der Waals surface area contributed by atoms with Gasteiger partial charge in [0.25, 0.3) is 10.0 Å². The maximum atomic E-state index is 15.3. The zero-order valence-corrected chi connectivity index (χ0v) is 27.0. The number of anilines is 1. The number of sulfonamides is 1. The van der Waals surface area contributed by atoms with Gasteiger partial charge < -0.3 is 10.2 Å². The third kappa shape index (κ3) is 8.01. The fourth-order valence-electron chi connectivity index (χ4n) is 5.93. The van der Waals surface area contributed by atoms with E-state index in [9.17, 15) is 18.0 Å². The average molecular weight is 642 g/mol. The van der Waals surface area contributed by atoms with Gasteiger partial charge in [-0.05, 0) is 62.1 Å². The van der Waals surface area contributed by atoms with E-state index in [1.807, 2.05) is 68.4 Å². The van der Waals surface area contributed by atoms with Crippen LogP contribution in [0.1, 0.15) is 47.9 Å². The van der Waals surface area contributed by atoms with Crippen LogP contribution in [0, 0.1) is 19.7 Å². The molecule has 1 aliphatic carbocycles. The van der Waals surface area contributed by atoms with E-state index in [-0.39, 0.29) is 35.5 Å². The lowest BCUT2D eigenvalue weighted by molar-refractivity contribution is -0.140. The molecule has 240 valence electrons. The lowest BCUT2D eigenvalue weighted by Crippen LogP contribution is -2.54. The average Bonchev–Trinajstić information content (AvgIpc) is 3.55. The van der Waals surface area contributed by atoms with Gasteiger partial charge in [-0.2, -0.15) is 0 Å². The van der Waals surface area contributed by atoms with Crippen molar-refractivity contribution < 1.29 is 22.4 Å². The molecule has 0 saturated heterocycles. The Labute approximate surface area is 271 Å². The van der Waals surface area contributed by atoms with Gasteiger partial charge in [0.15, 0.2) is 0 Å². The number of carbonyl (C=O) groups excluding carboxylic acids is 2. The van der Waals surface area contributed by atoms with Crippen LogP contribution in [-0.4, -0.2) is 43.8 Å². The van der Waals surface area contributed by atoms with Crippen LogP contribution in [-0.2, 0) is 32.6 Å². The molecule has 1 saturated carbocycles. The van der Waals surface area contributed by atoms with E-state index in [1.165, 1.54) is 35.2 Å². The zero-order valence-electron chi connectivity index (χ0n) is 26.2. The van der Waals surface area contributed by atoms with Gasteiger partial charge >= 0.3 is 0 Å². The van der Waals surface area contributed by atoms with Crippen molar-refractivity contribution in [1.29, 1.82) is 0 Å². The second-order valence-corrected chi connectivity index (χ2v) is 13.8. The molecule has 0 heterocycles. The fourth-order valence-corrected chi connectivity index (χ4v) is 7.36. The lowest BCUT2D eigenvalue weighted by Gasteiger charge is -2.34. The van der Waals surface area contributed by atoms with Crippen LogP contribution in [0.4, 0.5) is 10.1 Å². The second-order valence-electron chi connectivity index (χ2n) is 12.0. The molecule has 4 aromatic rings. The standard InChI is InChI=1S/C37H40FN3O4S/c1-27-19-21-32(22-20-27)46(44,45)41(34-18-9-8-17-33(34)38)26-36(42)40(25-30-14-10-11-28(2)23-30)35(24-29-12-4-3-5-13-29)37(43)39-31-15-6-7-16-31/h3-5,8-14,17-23,31,35H,6-7,15-16,24-26H2,1-2H3,(H,39,43)/t35-/m0/s1. The maximum Gasteiger partial charge on any atom is 0.264 e. The number of hydrogen-bond donors (Lipinski definition) is 1. The summed E-state index contributed by atoms with van der Waals surface area (Å²) < 4.78 is 44.3. The molecule has 1 aliphatic rings. The summed E-state index contributed by atoms with van der Waals surface area (Å²) in [5, 5.41) is 3.16. The summed E-state index contributed by atoms with van der Waals surface area (Å²) in [4.78, 5) is 30.0. The Morgan fingerprint density at radius 1 is 0.826 bits per heavy atom. The minimum Gasteiger partial charge on any atom is -0.352 e. The quantitative estimate of drug-likeness (QED) is 0.196. The molecule has 7 nitrogen and oxygen atoms in total. The first kappa shape index (κ1) is 32.9. The Morgan fingerprint density at radius 3 is 2.15 bits per heavy atom. The van der Waals surface area contributed by atoms with Gasteiger partial charge in [-0.3, -0.25) is 13.9 Å². The first-order valence-electron chi connectivity index (χ1n) is 15.6. The highest BCUT2D eigenvalue weighted by atomic mass is 32.2. The van der Waals surface area contributed by atoms with Crippen LogP contribution in [0.25, 0.3) is 0 Å².